The van der Waals surface area contributed by atoms with Gasteiger partial charge in [0.1, 0.15) is 22.6 Å². The number of ether oxygens (including phenoxy) is 3. The molecule has 0 aliphatic rings. The molecule has 1 heterocycles. The Balaban J connectivity index is 3.13. The van der Waals surface area contributed by atoms with Gasteiger partial charge in [-0.1, -0.05) is 0 Å². The Hall–Kier alpha value is -1.45. The zero-order chi connectivity index (χ0) is 16.5. The van der Waals surface area contributed by atoms with E-state index in [1.807, 2.05) is 62.3 Å². The number of hydrogen-bond donors (Lipinski definition) is 0. The van der Waals surface area contributed by atoms with Gasteiger partial charge in [-0.3, -0.25) is 0 Å². The van der Waals surface area contributed by atoms with Crippen LogP contribution in [-0.2, 0) is 0 Å². The summed E-state index contributed by atoms with van der Waals surface area (Å²) in [6.45, 7) is 17.9. The van der Waals surface area contributed by atoms with Gasteiger partial charge < -0.3 is 14.2 Å². The van der Waals surface area contributed by atoms with Crippen molar-refractivity contribution < 1.29 is 14.2 Å². The first-order valence-electron chi connectivity index (χ1n) is 7.33. The van der Waals surface area contributed by atoms with Crippen molar-refractivity contribution in [2.45, 2.75) is 79.1 Å². The Morgan fingerprint density at radius 2 is 0.952 bits per heavy atom. The van der Waals surface area contributed by atoms with Crippen LogP contribution in [0.15, 0.2) is 12.1 Å². The van der Waals surface area contributed by atoms with Crippen LogP contribution in [-0.4, -0.2) is 21.8 Å². The lowest BCUT2D eigenvalue weighted by Gasteiger charge is -2.26. The van der Waals surface area contributed by atoms with E-state index in [1.165, 1.54) is 0 Å². The first-order valence-corrected chi connectivity index (χ1v) is 7.33. The monoisotopic (exact) mass is 295 g/mol. The SMILES string of the molecule is CC(C)(C)Oc1cc(OC(C)(C)C)nc(OC(C)(C)C)c1. The lowest BCUT2D eigenvalue weighted by atomic mass is 10.2. The number of aromatic nitrogens is 1. The van der Waals surface area contributed by atoms with Crippen molar-refractivity contribution in [1.82, 2.24) is 4.98 Å². The smallest absolute Gasteiger partial charge is 0.220 e. The fraction of sp³-hybridized carbons (Fsp3) is 0.706. The minimum atomic E-state index is -0.327. The molecule has 4 nitrogen and oxygen atoms in total. The third-order valence-electron chi connectivity index (χ3n) is 2.00. The van der Waals surface area contributed by atoms with Crippen molar-refractivity contribution >= 4 is 0 Å². The predicted octanol–water partition coefficient (Wildman–Crippen LogP) is 4.61. The summed E-state index contributed by atoms with van der Waals surface area (Å²) in [4.78, 5) is 4.41. The summed E-state index contributed by atoms with van der Waals surface area (Å²) in [5.74, 6) is 1.70. The molecule has 21 heavy (non-hydrogen) atoms. The van der Waals surface area contributed by atoms with E-state index < -0.39 is 0 Å². The number of nitrogens with zero attached hydrogens (tertiary/aromatic N) is 1. The average molecular weight is 295 g/mol. The van der Waals surface area contributed by atoms with E-state index in [0.717, 1.165) is 0 Å². The molecule has 0 aromatic carbocycles. The maximum atomic E-state index is 5.91. The van der Waals surface area contributed by atoms with Crippen LogP contribution >= 0.6 is 0 Å². The zero-order valence-electron chi connectivity index (χ0n) is 14.8. The molecule has 1 aromatic heterocycles. The predicted molar refractivity (Wildman–Crippen MR) is 85.4 cm³/mol. The summed E-state index contributed by atoms with van der Waals surface area (Å²) >= 11 is 0. The summed E-state index contributed by atoms with van der Waals surface area (Å²) in [5.41, 5.74) is -0.946. The topological polar surface area (TPSA) is 40.6 Å². The third kappa shape index (κ3) is 7.78. The van der Waals surface area contributed by atoms with Crippen molar-refractivity contribution in [3.05, 3.63) is 12.1 Å². The van der Waals surface area contributed by atoms with Crippen molar-refractivity contribution in [3.8, 4) is 17.5 Å². The molecule has 0 bridgehead atoms. The third-order valence-corrected chi connectivity index (χ3v) is 2.00. The average Bonchev–Trinajstić information content (AvgIpc) is 2.06. The molecule has 0 radical (unpaired) electrons. The Bertz CT molecular complexity index is 393. The number of pyridine rings is 1. The lowest BCUT2D eigenvalue weighted by Crippen LogP contribution is -2.26. The Kier molecular flexibility index (Phi) is 4.81. The minimum absolute atomic E-state index is 0.292. The van der Waals surface area contributed by atoms with Gasteiger partial charge in [0.05, 0.1) is 0 Å². The van der Waals surface area contributed by atoms with Gasteiger partial charge >= 0.3 is 0 Å². The molecule has 1 rings (SSSR count). The fourth-order valence-corrected chi connectivity index (χ4v) is 1.60. The molecule has 0 saturated heterocycles. The highest BCUT2D eigenvalue weighted by atomic mass is 16.5. The van der Waals surface area contributed by atoms with Crippen LogP contribution in [0.2, 0.25) is 0 Å². The quantitative estimate of drug-likeness (QED) is 0.816. The second-order valence-electron chi connectivity index (χ2n) is 8.12. The van der Waals surface area contributed by atoms with Crippen molar-refractivity contribution in [1.29, 1.82) is 0 Å². The van der Waals surface area contributed by atoms with E-state index in [9.17, 15) is 0 Å². The summed E-state index contributed by atoms with van der Waals surface area (Å²) in [6, 6.07) is 3.60. The normalized spacial score (nSPS) is 13.0. The molecule has 0 N–H and O–H groups in total. The summed E-state index contributed by atoms with van der Waals surface area (Å²) in [5, 5.41) is 0. The number of hydrogen-bond acceptors (Lipinski definition) is 4. The van der Waals surface area contributed by atoms with Crippen molar-refractivity contribution in [2.75, 3.05) is 0 Å². The van der Waals surface area contributed by atoms with Crippen molar-refractivity contribution in [2.24, 2.45) is 0 Å². The van der Waals surface area contributed by atoms with Gasteiger partial charge in [-0.15, -0.1) is 0 Å². The van der Waals surface area contributed by atoms with Crippen LogP contribution in [0, 0.1) is 0 Å². The molecule has 0 fully saturated rings. The minimum Gasteiger partial charge on any atom is -0.488 e. The van der Waals surface area contributed by atoms with E-state index in [-0.39, 0.29) is 16.8 Å². The molecule has 4 heteroatoms. The molecule has 1 aromatic rings. The highest BCUT2D eigenvalue weighted by Gasteiger charge is 2.20. The molecule has 0 spiro atoms. The Morgan fingerprint density at radius 1 is 0.619 bits per heavy atom. The van der Waals surface area contributed by atoms with Crippen LogP contribution in [0.5, 0.6) is 17.5 Å². The van der Waals surface area contributed by atoms with Crippen LogP contribution in [0.3, 0.4) is 0 Å². The van der Waals surface area contributed by atoms with Crippen LogP contribution in [0.25, 0.3) is 0 Å². The molecule has 120 valence electrons. The highest BCUT2D eigenvalue weighted by molar-refractivity contribution is 5.34. The largest absolute Gasteiger partial charge is 0.488 e. The maximum Gasteiger partial charge on any atom is 0.220 e. The van der Waals surface area contributed by atoms with Crippen LogP contribution in [0.4, 0.5) is 0 Å². The molecule has 0 aliphatic heterocycles. The van der Waals surface area contributed by atoms with Crippen LogP contribution < -0.4 is 14.2 Å². The lowest BCUT2D eigenvalue weighted by molar-refractivity contribution is 0.101. The summed E-state index contributed by atoms with van der Waals surface area (Å²) in [7, 11) is 0. The van der Waals surface area contributed by atoms with E-state index >= 15 is 0 Å². The summed E-state index contributed by atoms with van der Waals surface area (Å²) in [6.07, 6.45) is 0. The second kappa shape index (κ2) is 5.74. The van der Waals surface area contributed by atoms with E-state index in [2.05, 4.69) is 4.98 Å². The zero-order valence-corrected chi connectivity index (χ0v) is 14.8. The first kappa shape index (κ1) is 17.6. The van der Waals surface area contributed by atoms with E-state index in [0.29, 0.717) is 17.5 Å². The van der Waals surface area contributed by atoms with Gasteiger partial charge in [0.15, 0.2) is 0 Å². The Labute approximate surface area is 128 Å². The standard InChI is InChI=1S/C17H29NO3/c1-15(2,3)19-12-10-13(20-16(4,5)6)18-14(11-12)21-17(7,8)9/h10-11H,1-9H3. The molecule has 0 unspecified atom stereocenters. The molecule has 0 amide bonds. The number of rotatable bonds is 3. The van der Waals surface area contributed by atoms with Gasteiger partial charge in [-0.25, -0.2) is 0 Å². The molecular formula is C17H29NO3. The van der Waals surface area contributed by atoms with E-state index in [1.54, 1.807) is 12.1 Å². The second-order valence-corrected chi connectivity index (χ2v) is 8.12. The molecule has 0 atom stereocenters. The van der Waals surface area contributed by atoms with Gasteiger partial charge in [0.2, 0.25) is 11.8 Å². The fourth-order valence-electron chi connectivity index (χ4n) is 1.60. The van der Waals surface area contributed by atoms with Gasteiger partial charge in [-0.05, 0) is 62.3 Å². The Morgan fingerprint density at radius 3 is 1.24 bits per heavy atom. The highest BCUT2D eigenvalue weighted by Crippen LogP contribution is 2.30. The van der Waals surface area contributed by atoms with Gasteiger partial charge in [0, 0.05) is 12.1 Å². The van der Waals surface area contributed by atoms with E-state index in [4.69, 9.17) is 14.2 Å². The van der Waals surface area contributed by atoms with Gasteiger partial charge in [0.25, 0.3) is 0 Å². The van der Waals surface area contributed by atoms with Gasteiger partial charge in [-0.2, -0.15) is 4.98 Å². The first-order chi connectivity index (χ1) is 9.23. The maximum absolute atomic E-state index is 5.91. The molecule has 0 saturated carbocycles. The molecule has 0 aliphatic carbocycles. The van der Waals surface area contributed by atoms with Crippen LogP contribution in [0.1, 0.15) is 62.3 Å². The summed E-state index contributed by atoms with van der Waals surface area (Å²) < 4.78 is 17.6. The molecular weight excluding hydrogens is 266 g/mol. The van der Waals surface area contributed by atoms with Crippen molar-refractivity contribution in [3.63, 3.8) is 0 Å².